The van der Waals surface area contributed by atoms with Crippen LogP contribution < -0.4 is 5.43 Å². The van der Waals surface area contributed by atoms with Crippen LogP contribution >= 0.6 is 36.2 Å². The fraction of sp³-hybridized carbons (Fsp3) is 0.423. The zero-order valence-corrected chi connectivity index (χ0v) is 24.4. The fourth-order valence-corrected chi connectivity index (χ4v) is 5.12. The minimum Gasteiger partial charge on any atom is -0.478 e. The summed E-state index contributed by atoms with van der Waals surface area (Å²) in [4.78, 5) is 25.3. The number of aromatic carboxylic acids is 1. The van der Waals surface area contributed by atoms with Crippen LogP contribution in [0.1, 0.15) is 74.2 Å². The number of carbonyl (C=O) groups is 1. The molecule has 0 aliphatic rings. The molecule has 0 aliphatic heterocycles. The number of carboxylic acid groups (broad SMARTS) is 1. The Morgan fingerprint density at radius 2 is 1.88 bits per heavy atom. The van der Waals surface area contributed by atoms with Crippen LogP contribution in [0.5, 0.6) is 0 Å². The number of halogens is 3. The molecule has 0 radical (unpaired) electrons. The Bertz CT molecular complexity index is 1450. The third-order valence-corrected chi connectivity index (χ3v) is 7.52. The molecule has 0 atom stereocenters. The molecule has 216 valence electrons. The van der Waals surface area contributed by atoms with Crippen LogP contribution in [0.3, 0.4) is 0 Å². The van der Waals surface area contributed by atoms with E-state index < -0.39 is 17.7 Å². The van der Waals surface area contributed by atoms with Crippen molar-refractivity contribution >= 4 is 53.1 Å². The van der Waals surface area contributed by atoms with E-state index in [9.17, 15) is 18.0 Å². The lowest BCUT2D eigenvalue weighted by Crippen LogP contribution is -2.15. The second kappa shape index (κ2) is 15.1. The molecule has 4 aromatic rings. The lowest BCUT2D eigenvalue weighted by Gasteiger charge is -2.09. The van der Waals surface area contributed by atoms with Gasteiger partial charge in [-0.05, 0) is 12.5 Å². The van der Waals surface area contributed by atoms with Gasteiger partial charge < -0.3 is 15.5 Å². The number of thiol groups is 1. The van der Waals surface area contributed by atoms with Crippen LogP contribution in [0, 0.1) is 4.64 Å². The number of hydrogen-bond acceptors (Lipinski definition) is 8. The molecule has 0 unspecified atom stereocenters. The van der Waals surface area contributed by atoms with Crippen molar-refractivity contribution in [3.8, 4) is 10.8 Å². The number of rotatable bonds is 12. The minimum absolute atomic E-state index is 0.0265. The van der Waals surface area contributed by atoms with Gasteiger partial charge in [0.1, 0.15) is 15.2 Å². The van der Waals surface area contributed by atoms with Gasteiger partial charge in [0, 0.05) is 42.1 Å². The van der Waals surface area contributed by atoms with Crippen LogP contribution in [0.4, 0.5) is 13.2 Å². The molecule has 40 heavy (non-hydrogen) atoms. The first-order chi connectivity index (χ1) is 19.1. The van der Waals surface area contributed by atoms with Gasteiger partial charge in [0.05, 0.1) is 11.1 Å². The Hall–Kier alpha value is -2.97. The van der Waals surface area contributed by atoms with Crippen LogP contribution in [-0.2, 0) is 6.18 Å². The molecule has 0 bridgehead atoms. The molecule has 0 saturated carbocycles. The molecular formula is C26H31F3N6O2S3. The summed E-state index contributed by atoms with van der Waals surface area (Å²) in [7, 11) is 0. The first-order valence-corrected chi connectivity index (χ1v) is 14.6. The number of pyridine rings is 1. The quantitative estimate of drug-likeness (QED) is 0.0730. The van der Waals surface area contributed by atoms with Crippen molar-refractivity contribution in [3.05, 3.63) is 52.0 Å². The van der Waals surface area contributed by atoms with Crippen molar-refractivity contribution in [2.24, 2.45) is 0 Å². The van der Waals surface area contributed by atoms with Crippen LogP contribution in [-0.4, -0.2) is 42.2 Å². The van der Waals surface area contributed by atoms with Crippen LogP contribution in [0.2, 0.25) is 0 Å². The predicted molar refractivity (Wildman–Crippen MR) is 156 cm³/mol. The number of fused-ring (bicyclic) bond motifs is 1. The first-order valence-electron chi connectivity index (χ1n) is 12.9. The SMILES string of the molecule is CCCCCCCCCCNn1cc(C(F)(F)F)c2cnccc21.O=C(O)c1cnc(-c2nc(S)cs2)[nH]c1=S. The second-order valence-electron chi connectivity index (χ2n) is 8.98. The molecule has 3 N–H and O–H groups in total. The van der Waals surface area contributed by atoms with Crippen LogP contribution in [0.15, 0.2) is 41.3 Å². The number of nitrogens with zero attached hydrogens (tertiary/aromatic N) is 4. The number of alkyl halides is 3. The van der Waals surface area contributed by atoms with Gasteiger partial charge in [-0.1, -0.05) is 64.1 Å². The molecular weight excluding hydrogens is 582 g/mol. The molecule has 4 heterocycles. The Kier molecular flexibility index (Phi) is 11.9. The van der Waals surface area contributed by atoms with E-state index in [1.165, 1.54) is 73.1 Å². The molecule has 0 amide bonds. The number of unbranched alkanes of at least 4 members (excludes halogenated alkanes) is 7. The maximum atomic E-state index is 13.1. The number of thiazole rings is 1. The number of hydrogen-bond donors (Lipinski definition) is 4. The zero-order valence-electron chi connectivity index (χ0n) is 21.9. The average Bonchev–Trinajstić information content (AvgIpc) is 3.52. The van der Waals surface area contributed by atoms with E-state index in [4.69, 9.17) is 17.3 Å². The van der Waals surface area contributed by atoms with E-state index in [-0.39, 0.29) is 15.6 Å². The molecule has 0 aromatic carbocycles. The molecule has 0 fully saturated rings. The monoisotopic (exact) mass is 612 g/mol. The predicted octanol–water partition coefficient (Wildman–Crippen LogP) is 7.99. The summed E-state index contributed by atoms with van der Waals surface area (Å²) in [6, 6.07) is 1.60. The van der Waals surface area contributed by atoms with Crippen molar-refractivity contribution in [2.45, 2.75) is 69.5 Å². The second-order valence-corrected chi connectivity index (χ2v) is 10.7. The maximum absolute atomic E-state index is 13.1. The number of aromatic amines is 1. The third kappa shape index (κ3) is 9.03. The Labute approximate surface area is 244 Å². The highest BCUT2D eigenvalue weighted by atomic mass is 32.1. The van der Waals surface area contributed by atoms with Gasteiger partial charge in [0.2, 0.25) is 0 Å². The van der Waals surface area contributed by atoms with Gasteiger partial charge in [0.15, 0.2) is 10.8 Å². The summed E-state index contributed by atoms with van der Waals surface area (Å²) in [6.45, 7) is 2.87. The maximum Gasteiger partial charge on any atom is 0.418 e. The van der Waals surface area contributed by atoms with Crippen molar-refractivity contribution in [3.63, 3.8) is 0 Å². The Morgan fingerprint density at radius 1 is 1.18 bits per heavy atom. The van der Waals surface area contributed by atoms with Gasteiger partial charge >= 0.3 is 12.1 Å². The first kappa shape index (κ1) is 31.6. The standard InChI is InChI=1S/C18H26F3N3.C8H5N3O2S3/c1-2-3-4-5-6-7-8-9-11-23-24-14-16(18(19,20)21)15-13-22-12-10-17(15)24;12-8(13)3-1-9-5(11-6(3)15)7-10-4(14)2-16-7/h10,12-14,23H,2-9,11H2,1H3;1-2,14H,(H,12,13)(H,9,11,15). The topological polar surface area (TPSA) is 109 Å². The number of aromatic nitrogens is 5. The van der Waals surface area contributed by atoms with E-state index in [0.29, 0.717) is 27.9 Å². The zero-order chi connectivity index (χ0) is 29.1. The Morgan fingerprint density at radius 3 is 2.48 bits per heavy atom. The highest BCUT2D eigenvalue weighted by Gasteiger charge is 2.34. The highest BCUT2D eigenvalue weighted by molar-refractivity contribution is 7.80. The summed E-state index contributed by atoms with van der Waals surface area (Å²) < 4.78 is 40.8. The lowest BCUT2D eigenvalue weighted by atomic mass is 10.1. The molecule has 8 nitrogen and oxygen atoms in total. The third-order valence-electron chi connectivity index (χ3n) is 5.95. The van der Waals surface area contributed by atoms with Crippen molar-refractivity contribution in [1.82, 2.24) is 24.6 Å². The molecule has 4 rings (SSSR count). The summed E-state index contributed by atoms with van der Waals surface area (Å²) in [6.07, 6.45) is 10.4. The van der Waals surface area contributed by atoms with Gasteiger partial charge in [0.25, 0.3) is 0 Å². The van der Waals surface area contributed by atoms with Gasteiger partial charge in [-0.2, -0.15) is 13.2 Å². The Balaban J connectivity index is 0.000000238. The average molecular weight is 613 g/mol. The van der Waals surface area contributed by atoms with Gasteiger partial charge in [-0.3, -0.25) is 9.66 Å². The van der Waals surface area contributed by atoms with Crippen molar-refractivity contribution < 1.29 is 23.1 Å². The van der Waals surface area contributed by atoms with E-state index >= 15 is 0 Å². The summed E-state index contributed by atoms with van der Waals surface area (Å²) in [5.74, 6) is -0.658. The summed E-state index contributed by atoms with van der Waals surface area (Å²) in [5, 5.41) is 11.9. The smallest absolute Gasteiger partial charge is 0.418 e. The van der Waals surface area contributed by atoms with E-state index in [1.807, 2.05) is 0 Å². The molecule has 14 heteroatoms. The number of carboxylic acids is 1. The number of nitrogens with one attached hydrogen (secondary N) is 2. The molecule has 4 aromatic heterocycles. The summed E-state index contributed by atoms with van der Waals surface area (Å²) in [5.41, 5.74) is 2.92. The highest BCUT2D eigenvalue weighted by Crippen LogP contribution is 2.35. The van der Waals surface area contributed by atoms with Gasteiger partial charge in [-0.25, -0.2) is 14.8 Å². The molecule has 0 aliphatic carbocycles. The van der Waals surface area contributed by atoms with Crippen LogP contribution in [0.25, 0.3) is 21.7 Å². The number of H-pyrrole nitrogens is 1. The fourth-order valence-electron chi connectivity index (χ4n) is 3.92. The van der Waals surface area contributed by atoms with E-state index in [1.54, 1.807) is 11.4 Å². The van der Waals surface area contributed by atoms with Crippen molar-refractivity contribution in [1.29, 1.82) is 0 Å². The molecule has 0 saturated heterocycles. The van der Waals surface area contributed by atoms with Gasteiger partial charge in [-0.15, -0.1) is 24.0 Å². The minimum atomic E-state index is -4.37. The summed E-state index contributed by atoms with van der Waals surface area (Å²) >= 11 is 10.3. The van der Waals surface area contributed by atoms with E-state index in [0.717, 1.165) is 19.0 Å². The van der Waals surface area contributed by atoms with E-state index in [2.05, 4.69) is 44.9 Å². The van der Waals surface area contributed by atoms with Crippen molar-refractivity contribution in [2.75, 3.05) is 12.0 Å². The molecule has 0 spiro atoms. The normalized spacial score (nSPS) is 11.3. The lowest BCUT2D eigenvalue weighted by molar-refractivity contribution is -0.136. The largest absolute Gasteiger partial charge is 0.478 e.